The highest BCUT2D eigenvalue weighted by Crippen LogP contribution is 2.48. The van der Waals surface area contributed by atoms with E-state index in [4.69, 9.17) is 0 Å². The highest BCUT2D eigenvalue weighted by Gasteiger charge is 2.31. The number of aromatic nitrogens is 2. The first-order valence-corrected chi connectivity index (χ1v) is 21.6. The SMILES string of the molecule is CC(c1ccccc1)C1Cc2ccc(C(=N)c3ccccc3C(=N)n3c4ccccc4c4cc5c6ccccc6n6c7c8ccccc8ccc7c(c43)c56)cc2-c2ccccc21. The van der Waals surface area contributed by atoms with Gasteiger partial charge >= 0.3 is 0 Å². The van der Waals surface area contributed by atoms with E-state index in [-0.39, 0.29) is 0 Å². The first-order chi connectivity index (χ1) is 30.5. The Morgan fingerprint density at radius 2 is 1.18 bits per heavy atom. The molecule has 62 heavy (non-hydrogen) atoms. The summed E-state index contributed by atoms with van der Waals surface area (Å²) in [5.74, 6) is 1.07. The van der Waals surface area contributed by atoms with Crippen molar-refractivity contribution < 1.29 is 0 Å². The molecule has 2 atom stereocenters. The molecule has 2 unspecified atom stereocenters. The van der Waals surface area contributed by atoms with Crippen LogP contribution in [0.3, 0.4) is 0 Å². The van der Waals surface area contributed by atoms with Crippen molar-refractivity contribution in [1.29, 1.82) is 10.8 Å². The van der Waals surface area contributed by atoms with Gasteiger partial charge in [0.2, 0.25) is 0 Å². The fourth-order valence-corrected chi connectivity index (χ4v) is 11.2. The summed E-state index contributed by atoms with van der Waals surface area (Å²) in [7, 11) is 0. The summed E-state index contributed by atoms with van der Waals surface area (Å²) in [6, 6.07) is 67.1. The van der Waals surface area contributed by atoms with Gasteiger partial charge in [-0.2, -0.15) is 0 Å². The van der Waals surface area contributed by atoms with Crippen molar-refractivity contribution in [3.05, 3.63) is 221 Å². The molecule has 4 nitrogen and oxygen atoms in total. The number of para-hydroxylation sites is 2. The number of rotatable bonds is 5. The van der Waals surface area contributed by atoms with Crippen LogP contribution in [0.25, 0.3) is 81.8 Å². The lowest BCUT2D eigenvalue weighted by atomic mass is 9.71. The van der Waals surface area contributed by atoms with E-state index in [1.807, 2.05) is 24.3 Å². The Hall–Kier alpha value is -7.82. The molecule has 9 aromatic carbocycles. The summed E-state index contributed by atoms with van der Waals surface area (Å²) in [6.07, 6.45) is 0.943. The minimum Gasteiger partial charge on any atom is -0.307 e. The second kappa shape index (κ2) is 13.1. The zero-order valence-corrected chi connectivity index (χ0v) is 34.2. The fourth-order valence-electron chi connectivity index (χ4n) is 11.2. The molecule has 3 heterocycles. The molecule has 0 spiro atoms. The van der Waals surface area contributed by atoms with Gasteiger partial charge in [0.1, 0.15) is 5.84 Å². The minimum atomic E-state index is 0.352. The molecule has 0 fully saturated rings. The molecule has 0 amide bonds. The summed E-state index contributed by atoms with van der Waals surface area (Å²) in [4.78, 5) is 0. The number of benzene rings is 9. The van der Waals surface area contributed by atoms with E-state index in [1.165, 1.54) is 71.3 Å². The number of hydrogen-bond donors (Lipinski definition) is 2. The molecule has 0 bridgehead atoms. The number of fused-ring (bicyclic) bond motifs is 15. The van der Waals surface area contributed by atoms with Crippen LogP contribution < -0.4 is 0 Å². The summed E-state index contributed by atoms with van der Waals surface area (Å²) in [6.45, 7) is 2.35. The molecule has 1 aliphatic carbocycles. The summed E-state index contributed by atoms with van der Waals surface area (Å²) in [5.41, 5.74) is 14.8. The van der Waals surface area contributed by atoms with Crippen LogP contribution in [0.2, 0.25) is 0 Å². The maximum atomic E-state index is 10.3. The predicted molar refractivity (Wildman–Crippen MR) is 259 cm³/mol. The Kier molecular flexibility index (Phi) is 7.39. The quantitative estimate of drug-likeness (QED) is 0.129. The van der Waals surface area contributed by atoms with E-state index < -0.39 is 0 Å². The van der Waals surface area contributed by atoms with Crippen LogP contribution in [-0.4, -0.2) is 20.5 Å². The lowest BCUT2D eigenvalue weighted by molar-refractivity contribution is 0.568. The van der Waals surface area contributed by atoms with Gasteiger partial charge in [-0.1, -0.05) is 171 Å². The van der Waals surface area contributed by atoms with Crippen molar-refractivity contribution in [2.75, 3.05) is 0 Å². The molecule has 1 aliphatic rings. The van der Waals surface area contributed by atoms with Crippen LogP contribution in [0, 0.1) is 10.8 Å². The van der Waals surface area contributed by atoms with Crippen LogP contribution in [0.15, 0.2) is 188 Å². The molecule has 12 aromatic rings. The Bertz CT molecular complexity index is 3850. The molecule has 2 N–H and O–H groups in total. The standard InChI is InChI=1S/C58H40N4/c1-34(35-15-3-2-4-16-35)47-31-37-27-28-38(32-48(37)41-20-8-7-19-40(41)47)54(59)44-23-9-10-24-45(44)58(60)62-52-26-14-12-22-43(52)50-33-49-42-21-11-13-25-51(42)61-55-39-18-6-5-17-36(39)29-30-46(55)53(56(49)61)57(50)62/h2-30,32-34,47,59-60H,31H2,1H3. The lowest BCUT2D eigenvalue weighted by Gasteiger charge is -2.32. The van der Waals surface area contributed by atoms with Gasteiger partial charge in [0, 0.05) is 54.4 Å². The highest BCUT2D eigenvalue weighted by atomic mass is 15.0. The maximum Gasteiger partial charge on any atom is 0.137 e. The number of nitrogens with one attached hydrogen (secondary N) is 2. The highest BCUT2D eigenvalue weighted by molar-refractivity contribution is 6.37. The van der Waals surface area contributed by atoms with E-state index in [1.54, 1.807) is 0 Å². The Morgan fingerprint density at radius 3 is 2.02 bits per heavy atom. The molecule has 0 radical (unpaired) electrons. The van der Waals surface area contributed by atoms with Gasteiger partial charge in [0.25, 0.3) is 0 Å². The predicted octanol–water partition coefficient (Wildman–Crippen LogP) is 14.5. The zero-order chi connectivity index (χ0) is 41.2. The van der Waals surface area contributed by atoms with Crippen molar-refractivity contribution in [2.45, 2.75) is 25.2 Å². The van der Waals surface area contributed by atoms with E-state index in [9.17, 15) is 10.8 Å². The van der Waals surface area contributed by atoms with Gasteiger partial charge in [-0.3, -0.25) is 15.4 Å². The van der Waals surface area contributed by atoms with Crippen molar-refractivity contribution in [3.63, 3.8) is 0 Å². The van der Waals surface area contributed by atoms with Gasteiger partial charge in [-0.05, 0) is 75.7 Å². The minimum absolute atomic E-state index is 0.352. The van der Waals surface area contributed by atoms with Crippen molar-refractivity contribution in [2.24, 2.45) is 0 Å². The molecular formula is C58H40N4. The number of hydrogen-bond acceptors (Lipinski definition) is 2. The Morgan fingerprint density at radius 1 is 0.516 bits per heavy atom. The first-order valence-electron chi connectivity index (χ1n) is 21.6. The van der Waals surface area contributed by atoms with Gasteiger partial charge in [0.05, 0.1) is 33.3 Å². The monoisotopic (exact) mass is 792 g/mol. The van der Waals surface area contributed by atoms with Crippen LogP contribution in [-0.2, 0) is 6.42 Å². The third-order valence-electron chi connectivity index (χ3n) is 14.1. The Labute approximate surface area is 358 Å². The van der Waals surface area contributed by atoms with Crippen molar-refractivity contribution in [3.8, 4) is 11.1 Å². The van der Waals surface area contributed by atoms with E-state index in [0.717, 1.165) is 50.3 Å². The third-order valence-corrected chi connectivity index (χ3v) is 14.1. The summed E-state index contributed by atoms with van der Waals surface area (Å²) >= 11 is 0. The zero-order valence-electron chi connectivity index (χ0n) is 34.2. The normalized spacial score (nSPS) is 14.4. The van der Waals surface area contributed by atoms with Gasteiger partial charge in [-0.25, -0.2) is 0 Å². The smallest absolute Gasteiger partial charge is 0.137 e. The fraction of sp³-hybridized carbons (Fsp3) is 0.0690. The average molecular weight is 793 g/mol. The molecule has 0 saturated heterocycles. The Balaban J connectivity index is 0.997. The van der Waals surface area contributed by atoms with E-state index >= 15 is 0 Å². The van der Waals surface area contributed by atoms with E-state index in [0.29, 0.717) is 23.4 Å². The second-order valence-corrected chi connectivity index (χ2v) is 17.2. The molecule has 0 aliphatic heterocycles. The van der Waals surface area contributed by atoms with Crippen molar-refractivity contribution >= 4 is 82.2 Å². The molecule has 292 valence electrons. The summed E-state index contributed by atoms with van der Waals surface area (Å²) < 4.78 is 4.63. The average Bonchev–Trinajstić information content (AvgIpc) is 3.98. The van der Waals surface area contributed by atoms with Crippen LogP contribution >= 0.6 is 0 Å². The van der Waals surface area contributed by atoms with Crippen LogP contribution in [0.1, 0.15) is 52.1 Å². The third kappa shape index (κ3) is 4.78. The molecule has 0 saturated carbocycles. The maximum absolute atomic E-state index is 10.3. The largest absolute Gasteiger partial charge is 0.307 e. The van der Waals surface area contributed by atoms with Gasteiger partial charge < -0.3 is 4.40 Å². The summed E-state index contributed by atoms with van der Waals surface area (Å²) in [5, 5.41) is 29.6. The molecule has 13 rings (SSSR count). The van der Waals surface area contributed by atoms with Crippen LogP contribution in [0.4, 0.5) is 0 Å². The molecule has 4 heteroatoms. The first kappa shape index (κ1) is 35.0. The topological polar surface area (TPSA) is 57.0 Å². The molecule has 3 aromatic heterocycles. The molecular weight excluding hydrogens is 753 g/mol. The van der Waals surface area contributed by atoms with E-state index in [2.05, 4.69) is 180 Å². The second-order valence-electron chi connectivity index (χ2n) is 17.2. The van der Waals surface area contributed by atoms with Crippen molar-refractivity contribution in [1.82, 2.24) is 8.97 Å². The van der Waals surface area contributed by atoms with Gasteiger partial charge in [-0.15, -0.1) is 0 Å². The lowest BCUT2D eigenvalue weighted by Crippen LogP contribution is -2.18. The number of nitrogens with zero attached hydrogens (tertiary/aromatic N) is 2. The van der Waals surface area contributed by atoms with Gasteiger partial charge in [0.15, 0.2) is 0 Å². The van der Waals surface area contributed by atoms with Crippen LogP contribution in [0.5, 0.6) is 0 Å².